The summed E-state index contributed by atoms with van der Waals surface area (Å²) in [6, 6.07) is 12.7. The number of rotatable bonds is 7. The second kappa shape index (κ2) is 8.59. The van der Waals surface area contributed by atoms with Crippen LogP contribution in [0.2, 0.25) is 0 Å². The van der Waals surface area contributed by atoms with Crippen molar-refractivity contribution in [2.24, 2.45) is 0 Å². The third kappa shape index (κ3) is 4.79. The Morgan fingerprint density at radius 3 is 2.78 bits per heavy atom. The fraction of sp³-hybridized carbons (Fsp3) is 0.211. The lowest BCUT2D eigenvalue weighted by Crippen LogP contribution is -2.34. The highest BCUT2D eigenvalue weighted by Crippen LogP contribution is 2.24. The molecule has 8 heteroatoms. The van der Waals surface area contributed by atoms with Gasteiger partial charge in [0.1, 0.15) is 5.76 Å². The van der Waals surface area contributed by atoms with Crippen molar-refractivity contribution in [1.82, 2.24) is 14.7 Å². The number of thioether (sulfide) groups is 1. The van der Waals surface area contributed by atoms with Crippen LogP contribution in [0.25, 0.3) is 0 Å². The van der Waals surface area contributed by atoms with Gasteiger partial charge in [-0.2, -0.15) is 5.10 Å². The molecule has 3 aromatic rings. The molecule has 0 unspecified atom stereocenters. The fourth-order valence-electron chi connectivity index (χ4n) is 2.54. The van der Waals surface area contributed by atoms with E-state index in [1.165, 1.54) is 4.90 Å². The van der Waals surface area contributed by atoms with Crippen molar-refractivity contribution in [3.05, 3.63) is 66.4 Å². The molecular weight excluding hydrogens is 364 g/mol. The van der Waals surface area contributed by atoms with Gasteiger partial charge >= 0.3 is 0 Å². The highest BCUT2D eigenvalue weighted by molar-refractivity contribution is 7.98. The van der Waals surface area contributed by atoms with Gasteiger partial charge in [-0.25, -0.2) is 0 Å². The van der Waals surface area contributed by atoms with Crippen molar-refractivity contribution in [2.45, 2.75) is 11.4 Å². The lowest BCUT2D eigenvalue weighted by molar-refractivity contribution is -0.116. The standard InChI is InChI=1S/C19H20N4O3S/c1-22(13-18(24)21-15-6-3-4-7-17(15)27-2)19(25)16-9-8-14(26-16)12-23-11-5-10-20-23/h3-11H,12-13H2,1-2H3,(H,21,24). The summed E-state index contributed by atoms with van der Waals surface area (Å²) in [7, 11) is 1.57. The maximum atomic E-state index is 12.5. The van der Waals surface area contributed by atoms with Crippen LogP contribution in [-0.4, -0.2) is 46.3 Å². The van der Waals surface area contributed by atoms with Gasteiger partial charge in [-0.15, -0.1) is 11.8 Å². The van der Waals surface area contributed by atoms with E-state index in [9.17, 15) is 9.59 Å². The minimum absolute atomic E-state index is 0.0727. The molecule has 0 aliphatic carbocycles. The van der Waals surface area contributed by atoms with Crippen LogP contribution in [0.3, 0.4) is 0 Å². The molecule has 0 saturated heterocycles. The van der Waals surface area contributed by atoms with Crippen molar-refractivity contribution in [1.29, 1.82) is 0 Å². The summed E-state index contributed by atoms with van der Waals surface area (Å²) in [4.78, 5) is 27.1. The molecule has 2 heterocycles. The summed E-state index contributed by atoms with van der Waals surface area (Å²) in [5.74, 6) is 0.191. The summed E-state index contributed by atoms with van der Waals surface area (Å²) in [6.07, 6.45) is 5.43. The summed E-state index contributed by atoms with van der Waals surface area (Å²) >= 11 is 1.55. The molecule has 1 N–H and O–H groups in total. The molecule has 1 aromatic carbocycles. The van der Waals surface area contributed by atoms with Crippen molar-refractivity contribution < 1.29 is 14.0 Å². The van der Waals surface area contributed by atoms with Gasteiger partial charge < -0.3 is 14.6 Å². The van der Waals surface area contributed by atoms with E-state index in [2.05, 4.69) is 10.4 Å². The van der Waals surface area contributed by atoms with Crippen molar-refractivity contribution in [2.75, 3.05) is 25.2 Å². The van der Waals surface area contributed by atoms with Crippen LogP contribution in [0.15, 0.2) is 64.2 Å². The Morgan fingerprint density at radius 1 is 1.22 bits per heavy atom. The van der Waals surface area contributed by atoms with Gasteiger partial charge in [0.15, 0.2) is 5.76 Å². The topological polar surface area (TPSA) is 80.4 Å². The molecular formula is C19H20N4O3S. The van der Waals surface area contributed by atoms with Crippen molar-refractivity contribution in [3.8, 4) is 0 Å². The van der Waals surface area contributed by atoms with Crippen LogP contribution in [0.1, 0.15) is 16.3 Å². The highest BCUT2D eigenvalue weighted by Gasteiger charge is 2.19. The Hall–Kier alpha value is -3.00. The van der Waals surface area contributed by atoms with Gasteiger partial charge in [-0.05, 0) is 36.6 Å². The number of carbonyl (C=O) groups excluding carboxylic acids is 2. The van der Waals surface area contributed by atoms with E-state index in [1.54, 1.807) is 41.8 Å². The Labute approximate surface area is 161 Å². The Kier molecular flexibility index (Phi) is 5.97. The van der Waals surface area contributed by atoms with Crippen LogP contribution in [-0.2, 0) is 11.3 Å². The Balaban J connectivity index is 1.58. The molecule has 3 rings (SSSR count). The molecule has 7 nitrogen and oxygen atoms in total. The molecule has 140 valence electrons. The maximum absolute atomic E-state index is 12.5. The molecule has 0 aliphatic heterocycles. The third-order valence-corrected chi connectivity index (χ3v) is 4.65. The molecule has 0 fully saturated rings. The van der Waals surface area contributed by atoms with E-state index in [-0.39, 0.29) is 24.1 Å². The van der Waals surface area contributed by atoms with E-state index >= 15 is 0 Å². The molecule has 0 radical (unpaired) electrons. The SMILES string of the molecule is CSc1ccccc1NC(=O)CN(C)C(=O)c1ccc(Cn2cccn2)o1. The normalized spacial score (nSPS) is 10.6. The predicted molar refractivity (Wildman–Crippen MR) is 104 cm³/mol. The van der Waals surface area contributed by atoms with Crippen LogP contribution in [0, 0.1) is 0 Å². The molecule has 0 atom stereocenters. The maximum Gasteiger partial charge on any atom is 0.289 e. The van der Waals surface area contributed by atoms with Gasteiger partial charge in [0.2, 0.25) is 5.91 Å². The number of furan rings is 1. The number of amides is 2. The molecule has 0 aliphatic rings. The smallest absolute Gasteiger partial charge is 0.289 e. The second-order valence-corrected chi connectivity index (χ2v) is 6.73. The quantitative estimate of drug-likeness (QED) is 0.634. The van der Waals surface area contributed by atoms with Crippen LogP contribution >= 0.6 is 11.8 Å². The van der Waals surface area contributed by atoms with Gasteiger partial charge in [0.25, 0.3) is 5.91 Å². The van der Waals surface area contributed by atoms with Crippen LogP contribution in [0.4, 0.5) is 5.69 Å². The van der Waals surface area contributed by atoms with Crippen molar-refractivity contribution >= 4 is 29.3 Å². The largest absolute Gasteiger partial charge is 0.454 e. The Morgan fingerprint density at radius 2 is 2.04 bits per heavy atom. The number of nitrogens with zero attached hydrogens (tertiary/aromatic N) is 3. The summed E-state index contributed by atoms with van der Waals surface area (Å²) in [5.41, 5.74) is 0.732. The molecule has 2 amide bonds. The fourth-order valence-corrected chi connectivity index (χ4v) is 3.10. The summed E-state index contributed by atoms with van der Waals surface area (Å²) in [5, 5.41) is 6.94. The van der Waals surface area contributed by atoms with E-state index < -0.39 is 0 Å². The zero-order valence-electron chi connectivity index (χ0n) is 15.1. The molecule has 2 aromatic heterocycles. The van der Waals surface area contributed by atoms with Gasteiger partial charge in [-0.3, -0.25) is 14.3 Å². The van der Waals surface area contributed by atoms with Gasteiger partial charge in [-0.1, -0.05) is 12.1 Å². The third-order valence-electron chi connectivity index (χ3n) is 3.86. The van der Waals surface area contributed by atoms with E-state index in [1.807, 2.05) is 42.8 Å². The lowest BCUT2D eigenvalue weighted by Gasteiger charge is -2.16. The number of para-hydroxylation sites is 1. The summed E-state index contributed by atoms with van der Waals surface area (Å²) < 4.78 is 7.29. The first-order valence-electron chi connectivity index (χ1n) is 8.31. The Bertz CT molecular complexity index is 921. The minimum atomic E-state index is -0.352. The predicted octanol–water partition coefficient (Wildman–Crippen LogP) is 2.96. The number of nitrogens with one attached hydrogen (secondary N) is 1. The number of carbonyl (C=O) groups is 2. The number of likely N-dealkylation sites (N-methyl/N-ethyl adjacent to an activating group) is 1. The molecule has 27 heavy (non-hydrogen) atoms. The first-order valence-corrected chi connectivity index (χ1v) is 9.54. The minimum Gasteiger partial charge on any atom is -0.454 e. The monoisotopic (exact) mass is 384 g/mol. The average molecular weight is 384 g/mol. The lowest BCUT2D eigenvalue weighted by atomic mass is 10.3. The second-order valence-electron chi connectivity index (χ2n) is 5.88. The van der Waals surface area contributed by atoms with E-state index in [4.69, 9.17) is 4.42 Å². The number of hydrogen-bond donors (Lipinski definition) is 1. The average Bonchev–Trinajstić information content (AvgIpc) is 3.34. The zero-order chi connectivity index (χ0) is 19.2. The van der Waals surface area contributed by atoms with E-state index in [0.29, 0.717) is 12.3 Å². The van der Waals surface area contributed by atoms with E-state index in [0.717, 1.165) is 10.6 Å². The number of aromatic nitrogens is 2. The van der Waals surface area contributed by atoms with Gasteiger partial charge in [0, 0.05) is 24.3 Å². The molecule has 0 spiro atoms. The molecule has 0 bridgehead atoms. The first-order chi connectivity index (χ1) is 13.1. The van der Waals surface area contributed by atoms with Crippen molar-refractivity contribution in [3.63, 3.8) is 0 Å². The zero-order valence-corrected chi connectivity index (χ0v) is 15.9. The highest BCUT2D eigenvalue weighted by atomic mass is 32.2. The summed E-state index contributed by atoms with van der Waals surface area (Å²) in [6.45, 7) is 0.368. The van der Waals surface area contributed by atoms with Crippen LogP contribution < -0.4 is 5.32 Å². The number of anilines is 1. The van der Waals surface area contributed by atoms with Gasteiger partial charge in [0.05, 0.1) is 18.8 Å². The first kappa shape index (κ1) is 18.8. The number of hydrogen-bond acceptors (Lipinski definition) is 5. The molecule has 0 saturated carbocycles. The van der Waals surface area contributed by atoms with Crippen LogP contribution in [0.5, 0.6) is 0 Å². The number of benzene rings is 1.